The summed E-state index contributed by atoms with van der Waals surface area (Å²) in [5.41, 5.74) is 6.31. The van der Waals surface area contributed by atoms with Gasteiger partial charge in [-0.15, -0.1) is 5.10 Å². The summed E-state index contributed by atoms with van der Waals surface area (Å²) in [7, 11) is 1.61. The Hall–Kier alpha value is -3.46. The van der Waals surface area contributed by atoms with Crippen molar-refractivity contribution in [3.05, 3.63) is 74.3 Å². The lowest BCUT2D eigenvalue weighted by Crippen LogP contribution is -2.16. The van der Waals surface area contributed by atoms with Crippen molar-refractivity contribution in [2.24, 2.45) is 0 Å². The number of carbonyl (C=O) groups is 1. The summed E-state index contributed by atoms with van der Waals surface area (Å²) in [6.45, 7) is 9.97. The fraction of sp³-hybridized carbons (Fsp3) is 0.280. The molecule has 8 nitrogen and oxygen atoms in total. The molecular formula is C25H26BrN5O3. The molecule has 1 amide bonds. The number of ether oxygens (including phenoxy) is 1. The number of rotatable bonds is 6. The zero-order valence-corrected chi connectivity index (χ0v) is 21.6. The number of carbonyl (C=O) groups excluding carboxylic acids is 1. The number of aromatic nitrogens is 4. The van der Waals surface area contributed by atoms with Crippen LogP contribution in [0, 0.1) is 34.6 Å². The van der Waals surface area contributed by atoms with E-state index in [1.165, 1.54) is 0 Å². The third-order valence-corrected chi connectivity index (χ3v) is 6.19. The van der Waals surface area contributed by atoms with Gasteiger partial charge < -0.3 is 14.5 Å². The summed E-state index contributed by atoms with van der Waals surface area (Å²) in [5, 5.41) is 11.3. The van der Waals surface area contributed by atoms with Crippen molar-refractivity contribution in [1.82, 2.24) is 20.0 Å². The van der Waals surface area contributed by atoms with Crippen LogP contribution in [0.5, 0.6) is 5.75 Å². The SMILES string of the molecule is COc1ccc(Br)cc1-c1nc(Cn2nnc(C(=O)Nc3c(C)cc(C)cc3C)c2C)c(C)o1. The smallest absolute Gasteiger partial charge is 0.278 e. The van der Waals surface area contributed by atoms with Crippen molar-refractivity contribution in [2.75, 3.05) is 12.4 Å². The van der Waals surface area contributed by atoms with Crippen LogP contribution in [0.15, 0.2) is 39.2 Å². The molecule has 4 rings (SSSR count). The maximum atomic E-state index is 13.0. The first kappa shape index (κ1) is 23.7. The summed E-state index contributed by atoms with van der Waals surface area (Å²) in [4.78, 5) is 17.6. The Morgan fingerprint density at radius 3 is 2.50 bits per heavy atom. The van der Waals surface area contributed by atoms with Gasteiger partial charge in [0.15, 0.2) is 5.69 Å². The number of anilines is 1. The van der Waals surface area contributed by atoms with Crippen LogP contribution < -0.4 is 10.1 Å². The van der Waals surface area contributed by atoms with E-state index in [2.05, 4.69) is 36.5 Å². The number of amides is 1. The summed E-state index contributed by atoms with van der Waals surface area (Å²) >= 11 is 3.48. The first-order valence-electron chi connectivity index (χ1n) is 10.8. The first-order chi connectivity index (χ1) is 16.2. The number of benzene rings is 2. The summed E-state index contributed by atoms with van der Waals surface area (Å²) in [5.74, 6) is 1.47. The van der Waals surface area contributed by atoms with Gasteiger partial charge in [-0.2, -0.15) is 0 Å². The molecule has 2 aromatic heterocycles. The normalized spacial score (nSPS) is 11.0. The zero-order valence-electron chi connectivity index (χ0n) is 20.0. The van der Waals surface area contributed by atoms with E-state index in [-0.39, 0.29) is 11.6 Å². The molecule has 2 heterocycles. The molecule has 0 aliphatic carbocycles. The molecule has 0 spiro atoms. The second-order valence-corrected chi connectivity index (χ2v) is 9.19. The average Bonchev–Trinajstić information content (AvgIpc) is 3.33. The number of methoxy groups -OCH3 is 1. The number of aryl methyl sites for hydroxylation is 4. The average molecular weight is 524 g/mol. The van der Waals surface area contributed by atoms with E-state index in [0.29, 0.717) is 35.3 Å². The molecule has 1 N–H and O–H groups in total. The van der Waals surface area contributed by atoms with Crippen LogP contribution in [0.3, 0.4) is 0 Å². The van der Waals surface area contributed by atoms with Gasteiger partial charge in [0, 0.05) is 10.2 Å². The maximum absolute atomic E-state index is 13.0. The van der Waals surface area contributed by atoms with Crippen molar-refractivity contribution in [3.63, 3.8) is 0 Å². The van der Waals surface area contributed by atoms with Gasteiger partial charge in [-0.3, -0.25) is 4.79 Å². The van der Waals surface area contributed by atoms with Crippen LogP contribution in [0.4, 0.5) is 5.69 Å². The second-order valence-electron chi connectivity index (χ2n) is 8.28. The molecule has 0 fully saturated rings. The van der Waals surface area contributed by atoms with Crippen molar-refractivity contribution < 1.29 is 13.9 Å². The Bertz CT molecular complexity index is 1370. The number of halogens is 1. The van der Waals surface area contributed by atoms with E-state index in [0.717, 1.165) is 32.4 Å². The fourth-order valence-corrected chi connectivity index (χ4v) is 4.31. The number of hydrogen-bond donors (Lipinski definition) is 1. The van der Waals surface area contributed by atoms with Gasteiger partial charge in [0.25, 0.3) is 5.91 Å². The molecule has 0 aliphatic rings. The highest BCUT2D eigenvalue weighted by Gasteiger charge is 2.21. The quantitative estimate of drug-likeness (QED) is 0.356. The van der Waals surface area contributed by atoms with Crippen LogP contribution in [0.2, 0.25) is 0 Å². The summed E-state index contributed by atoms with van der Waals surface area (Å²) in [6.07, 6.45) is 0. The Kier molecular flexibility index (Phi) is 6.56. The summed E-state index contributed by atoms with van der Waals surface area (Å²) in [6, 6.07) is 9.72. The zero-order chi connectivity index (χ0) is 24.6. The van der Waals surface area contributed by atoms with Gasteiger partial charge in [0.1, 0.15) is 17.2 Å². The molecule has 0 radical (unpaired) electrons. The van der Waals surface area contributed by atoms with Crippen LogP contribution in [0.25, 0.3) is 11.5 Å². The van der Waals surface area contributed by atoms with Crippen molar-refractivity contribution in [3.8, 4) is 17.2 Å². The van der Waals surface area contributed by atoms with Crippen molar-refractivity contribution in [1.29, 1.82) is 0 Å². The molecule has 0 atom stereocenters. The molecule has 176 valence electrons. The van der Waals surface area contributed by atoms with Crippen molar-refractivity contribution in [2.45, 2.75) is 41.2 Å². The van der Waals surface area contributed by atoms with E-state index < -0.39 is 0 Å². The molecular weight excluding hydrogens is 498 g/mol. The highest BCUT2D eigenvalue weighted by atomic mass is 79.9. The lowest BCUT2D eigenvalue weighted by atomic mass is 10.0. The molecule has 9 heteroatoms. The van der Waals surface area contributed by atoms with Gasteiger partial charge in [-0.05, 0) is 63.9 Å². The van der Waals surface area contributed by atoms with Crippen molar-refractivity contribution >= 4 is 27.5 Å². The molecule has 2 aromatic carbocycles. The Morgan fingerprint density at radius 2 is 1.82 bits per heavy atom. The minimum atomic E-state index is -0.296. The Morgan fingerprint density at radius 1 is 1.12 bits per heavy atom. The van der Waals surface area contributed by atoms with Gasteiger partial charge in [-0.1, -0.05) is 38.8 Å². The standard InChI is InChI=1S/C25H26BrN5O3/c1-13-9-14(2)22(15(3)10-13)28-24(32)23-16(4)31(30-29-23)12-20-17(5)34-25(27-20)19-11-18(26)7-8-21(19)33-6/h7-11H,12H2,1-6H3,(H,28,32). The maximum Gasteiger partial charge on any atom is 0.278 e. The van der Waals surface area contributed by atoms with Crippen LogP contribution >= 0.6 is 15.9 Å². The van der Waals surface area contributed by atoms with Gasteiger partial charge in [-0.25, -0.2) is 9.67 Å². The molecule has 0 bridgehead atoms. The Labute approximate surface area is 206 Å². The minimum absolute atomic E-state index is 0.273. The molecule has 0 unspecified atom stereocenters. The molecule has 0 saturated carbocycles. The third kappa shape index (κ3) is 4.61. The van der Waals surface area contributed by atoms with Crippen LogP contribution in [-0.2, 0) is 6.54 Å². The van der Waals surface area contributed by atoms with Gasteiger partial charge in [0.2, 0.25) is 5.89 Å². The molecule has 0 saturated heterocycles. The number of nitrogens with zero attached hydrogens (tertiary/aromatic N) is 4. The van der Waals surface area contributed by atoms with Crippen LogP contribution in [-0.4, -0.2) is 33.0 Å². The van der Waals surface area contributed by atoms with Crippen LogP contribution in [0.1, 0.15) is 44.3 Å². The lowest BCUT2D eigenvalue weighted by Gasteiger charge is -2.12. The fourth-order valence-electron chi connectivity index (χ4n) is 3.95. The second kappa shape index (κ2) is 9.42. The monoisotopic (exact) mass is 523 g/mol. The molecule has 0 aliphatic heterocycles. The Balaban J connectivity index is 1.58. The molecule has 34 heavy (non-hydrogen) atoms. The number of hydrogen-bond acceptors (Lipinski definition) is 6. The number of oxazole rings is 1. The first-order valence-corrected chi connectivity index (χ1v) is 11.6. The minimum Gasteiger partial charge on any atom is -0.496 e. The lowest BCUT2D eigenvalue weighted by molar-refractivity contribution is 0.102. The summed E-state index contributed by atoms with van der Waals surface area (Å²) < 4.78 is 13.9. The highest BCUT2D eigenvalue weighted by Crippen LogP contribution is 2.33. The van der Waals surface area contributed by atoms with E-state index >= 15 is 0 Å². The highest BCUT2D eigenvalue weighted by molar-refractivity contribution is 9.10. The largest absolute Gasteiger partial charge is 0.496 e. The third-order valence-electron chi connectivity index (χ3n) is 5.70. The number of nitrogens with one attached hydrogen (secondary N) is 1. The van der Waals surface area contributed by atoms with Gasteiger partial charge >= 0.3 is 0 Å². The van der Waals surface area contributed by atoms with E-state index in [4.69, 9.17) is 9.15 Å². The topological polar surface area (TPSA) is 95.1 Å². The van der Waals surface area contributed by atoms with Gasteiger partial charge in [0.05, 0.1) is 24.9 Å². The molecule has 4 aromatic rings. The van der Waals surface area contributed by atoms with E-state index in [9.17, 15) is 4.79 Å². The predicted molar refractivity (Wildman–Crippen MR) is 133 cm³/mol. The van der Waals surface area contributed by atoms with E-state index in [1.807, 2.05) is 65.0 Å². The predicted octanol–water partition coefficient (Wildman–Crippen LogP) is 5.55. The van der Waals surface area contributed by atoms with E-state index in [1.54, 1.807) is 11.8 Å².